The number of aliphatic hydroxyl groups excluding tert-OH is 2. The first-order valence-corrected chi connectivity index (χ1v) is 6.19. The first kappa shape index (κ1) is 11.8. The van der Waals surface area contributed by atoms with Crippen molar-refractivity contribution in [2.75, 3.05) is 26.2 Å². The molecule has 3 atom stereocenters. The van der Waals surface area contributed by atoms with E-state index in [2.05, 4.69) is 0 Å². The van der Waals surface area contributed by atoms with Crippen LogP contribution >= 0.6 is 0 Å². The molecule has 2 aliphatic heterocycles. The van der Waals surface area contributed by atoms with Crippen LogP contribution in [-0.2, 0) is 0 Å². The van der Waals surface area contributed by atoms with E-state index in [4.69, 9.17) is 9.47 Å². The second kappa shape index (κ2) is 4.76. The summed E-state index contributed by atoms with van der Waals surface area (Å²) >= 11 is 0. The highest BCUT2D eigenvalue weighted by atomic mass is 16.6. The van der Waals surface area contributed by atoms with Crippen LogP contribution < -0.4 is 9.47 Å². The molecule has 1 unspecified atom stereocenters. The number of aliphatic hydroxyl groups is 2. The Morgan fingerprint density at radius 2 is 1.78 bits per heavy atom. The Bertz CT molecular complexity index is 415. The molecule has 1 saturated heterocycles. The van der Waals surface area contributed by atoms with Gasteiger partial charge in [-0.05, 0) is 12.1 Å². The fourth-order valence-corrected chi connectivity index (χ4v) is 2.44. The van der Waals surface area contributed by atoms with Crippen LogP contribution in [-0.4, -0.2) is 59.7 Å². The van der Waals surface area contributed by atoms with Crippen LogP contribution in [0, 0.1) is 0 Å². The Hall–Kier alpha value is -1.30. The first-order valence-electron chi connectivity index (χ1n) is 6.19. The van der Waals surface area contributed by atoms with E-state index in [-0.39, 0.29) is 6.10 Å². The first-order chi connectivity index (χ1) is 8.72. The van der Waals surface area contributed by atoms with E-state index in [0.29, 0.717) is 26.2 Å². The number of hydrogen-bond acceptors (Lipinski definition) is 5. The maximum Gasteiger partial charge on any atom is 0.161 e. The van der Waals surface area contributed by atoms with Crippen LogP contribution in [0.4, 0.5) is 0 Å². The second-order valence-corrected chi connectivity index (χ2v) is 4.85. The van der Waals surface area contributed by atoms with Crippen LogP contribution in [0.3, 0.4) is 0 Å². The monoisotopic (exact) mass is 251 g/mol. The van der Waals surface area contributed by atoms with Gasteiger partial charge in [-0.3, -0.25) is 4.90 Å². The molecule has 0 radical (unpaired) electrons. The van der Waals surface area contributed by atoms with Crippen LogP contribution in [0.2, 0.25) is 0 Å². The number of benzene rings is 1. The molecule has 0 bridgehead atoms. The van der Waals surface area contributed by atoms with Crippen LogP contribution in [0.25, 0.3) is 0 Å². The number of nitrogens with zero attached hydrogens (tertiary/aromatic N) is 1. The molecule has 18 heavy (non-hydrogen) atoms. The van der Waals surface area contributed by atoms with Crippen molar-refractivity contribution in [3.8, 4) is 11.5 Å². The standard InChI is InChI=1S/C13H17NO4/c15-10-6-14(7-11(10)16)5-9-8-17-12-3-1-2-4-13(12)18-9/h1-4,9-11,15-16H,5-8H2/t9?,10-,11+. The number of fused-ring (bicyclic) bond motifs is 1. The SMILES string of the molecule is O[C@@H]1CN(CC2COc3ccccc3O2)C[C@@H]1O. The highest BCUT2D eigenvalue weighted by molar-refractivity contribution is 5.40. The third-order valence-corrected chi connectivity index (χ3v) is 3.36. The van der Waals surface area contributed by atoms with Gasteiger partial charge in [-0.2, -0.15) is 0 Å². The van der Waals surface area contributed by atoms with E-state index < -0.39 is 12.2 Å². The third-order valence-electron chi connectivity index (χ3n) is 3.36. The lowest BCUT2D eigenvalue weighted by Crippen LogP contribution is -2.40. The molecule has 0 amide bonds. The lowest BCUT2D eigenvalue weighted by atomic mass is 10.2. The molecule has 0 aliphatic carbocycles. The maximum atomic E-state index is 9.49. The highest BCUT2D eigenvalue weighted by Gasteiger charge is 2.32. The molecule has 0 aromatic heterocycles. The summed E-state index contributed by atoms with van der Waals surface area (Å²) < 4.78 is 11.5. The van der Waals surface area contributed by atoms with Gasteiger partial charge in [0.2, 0.25) is 0 Å². The average molecular weight is 251 g/mol. The Balaban J connectivity index is 1.60. The van der Waals surface area contributed by atoms with E-state index in [1.54, 1.807) is 0 Å². The van der Waals surface area contributed by atoms with Crippen molar-refractivity contribution in [2.24, 2.45) is 0 Å². The fraction of sp³-hybridized carbons (Fsp3) is 0.538. The van der Waals surface area contributed by atoms with E-state index in [0.717, 1.165) is 11.5 Å². The zero-order valence-corrected chi connectivity index (χ0v) is 10.0. The van der Waals surface area contributed by atoms with Gasteiger partial charge in [0.1, 0.15) is 12.7 Å². The normalized spacial score (nSPS) is 31.6. The quantitative estimate of drug-likeness (QED) is 0.766. The Morgan fingerprint density at radius 1 is 1.11 bits per heavy atom. The van der Waals surface area contributed by atoms with Gasteiger partial charge >= 0.3 is 0 Å². The van der Waals surface area contributed by atoms with Crippen molar-refractivity contribution in [1.29, 1.82) is 0 Å². The van der Waals surface area contributed by atoms with Gasteiger partial charge in [-0.15, -0.1) is 0 Å². The molecule has 5 nitrogen and oxygen atoms in total. The molecule has 0 saturated carbocycles. The predicted molar refractivity (Wildman–Crippen MR) is 64.8 cm³/mol. The minimum absolute atomic E-state index is 0.0580. The summed E-state index contributed by atoms with van der Waals surface area (Å²) in [5.74, 6) is 1.53. The van der Waals surface area contributed by atoms with Crippen molar-refractivity contribution in [3.05, 3.63) is 24.3 Å². The zero-order valence-electron chi connectivity index (χ0n) is 10.0. The van der Waals surface area contributed by atoms with Crippen LogP contribution in [0.5, 0.6) is 11.5 Å². The van der Waals surface area contributed by atoms with Crippen molar-refractivity contribution in [1.82, 2.24) is 4.90 Å². The van der Waals surface area contributed by atoms with Crippen molar-refractivity contribution < 1.29 is 19.7 Å². The molecule has 2 heterocycles. The van der Waals surface area contributed by atoms with Crippen LogP contribution in [0.15, 0.2) is 24.3 Å². The molecule has 0 spiro atoms. The van der Waals surface area contributed by atoms with Crippen molar-refractivity contribution in [3.63, 3.8) is 0 Å². The summed E-state index contributed by atoms with van der Waals surface area (Å²) in [5, 5.41) is 19.0. The van der Waals surface area contributed by atoms with Gasteiger partial charge in [0, 0.05) is 19.6 Å². The molecule has 3 rings (SSSR count). The van der Waals surface area contributed by atoms with E-state index in [9.17, 15) is 10.2 Å². The summed E-state index contributed by atoms with van der Waals surface area (Å²) in [6, 6.07) is 7.59. The Kier molecular flexibility index (Phi) is 3.11. The molecule has 2 N–H and O–H groups in total. The summed E-state index contributed by atoms with van der Waals surface area (Å²) in [6.45, 7) is 2.13. The molecular weight excluding hydrogens is 234 g/mol. The van der Waals surface area contributed by atoms with E-state index in [1.165, 1.54) is 0 Å². The van der Waals surface area contributed by atoms with Crippen LogP contribution in [0.1, 0.15) is 0 Å². The van der Waals surface area contributed by atoms with Gasteiger partial charge < -0.3 is 19.7 Å². The number of rotatable bonds is 2. The fourth-order valence-electron chi connectivity index (χ4n) is 2.44. The number of hydrogen-bond donors (Lipinski definition) is 2. The lowest BCUT2D eigenvalue weighted by Gasteiger charge is -2.29. The summed E-state index contributed by atoms with van der Waals surface area (Å²) in [4.78, 5) is 2.00. The van der Waals surface area contributed by atoms with E-state index >= 15 is 0 Å². The van der Waals surface area contributed by atoms with E-state index in [1.807, 2.05) is 29.2 Å². The minimum Gasteiger partial charge on any atom is -0.486 e. The lowest BCUT2D eigenvalue weighted by molar-refractivity contribution is 0.0572. The zero-order chi connectivity index (χ0) is 12.5. The summed E-state index contributed by atoms with van der Waals surface area (Å²) in [7, 11) is 0. The minimum atomic E-state index is -0.651. The smallest absolute Gasteiger partial charge is 0.161 e. The Labute approximate surface area is 106 Å². The van der Waals surface area contributed by atoms with Gasteiger partial charge in [-0.1, -0.05) is 12.1 Å². The number of para-hydroxylation sites is 2. The van der Waals surface area contributed by atoms with Gasteiger partial charge in [-0.25, -0.2) is 0 Å². The molecule has 5 heteroatoms. The predicted octanol–water partition coefficient (Wildman–Crippen LogP) is -0.136. The highest BCUT2D eigenvalue weighted by Crippen LogP contribution is 2.31. The summed E-state index contributed by atoms with van der Waals surface area (Å²) in [5.41, 5.74) is 0. The number of β-amino-alcohol motifs (C(OH)–C–C–N with tert-alkyl or cyclic N) is 2. The molecule has 1 aromatic rings. The number of ether oxygens (including phenoxy) is 2. The van der Waals surface area contributed by atoms with Crippen molar-refractivity contribution >= 4 is 0 Å². The molecule has 1 aromatic carbocycles. The van der Waals surface area contributed by atoms with Gasteiger partial charge in [0.25, 0.3) is 0 Å². The molecular formula is C13H17NO4. The topological polar surface area (TPSA) is 62.2 Å². The van der Waals surface area contributed by atoms with Gasteiger partial charge in [0.15, 0.2) is 11.5 Å². The average Bonchev–Trinajstić information content (AvgIpc) is 2.68. The number of likely N-dealkylation sites (tertiary alicyclic amines) is 1. The Morgan fingerprint density at radius 3 is 2.50 bits per heavy atom. The molecule has 1 fully saturated rings. The molecule has 98 valence electrons. The molecule has 2 aliphatic rings. The third kappa shape index (κ3) is 2.29. The second-order valence-electron chi connectivity index (χ2n) is 4.85. The summed E-state index contributed by atoms with van der Waals surface area (Å²) in [6.07, 6.45) is -1.36. The largest absolute Gasteiger partial charge is 0.486 e. The maximum absolute atomic E-state index is 9.49. The van der Waals surface area contributed by atoms with Crippen molar-refractivity contribution in [2.45, 2.75) is 18.3 Å². The van der Waals surface area contributed by atoms with Gasteiger partial charge in [0.05, 0.1) is 12.2 Å².